The fraction of sp³-hybridized carbons (Fsp3) is 0.486. The Kier molecular flexibility index (Phi) is 9.88. The van der Waals surface area contributed by atoms with Crippen molar-refractivity contribution in [1.82, 2.24) is 29.5 Å². The van der Waals surface area contributed by atoms with Gasteiger partial charge >= 0.3 is 12.2 Å². The van der Waals surface area contributed by atoms with Crippen molar-refractivity contribution in [3.05, 3.63) is 54.9 Å². The summed E-state index contributed by atoms with van der Waals surface area (Å²) in [5, 5.41) is 8.57. The second-order valence-corrected chi connectivity index (χ2v) is 15.0. The summed E-state index contributed by atoms with van der Waals surface area (Å²) in [7, 11) is 0. The van der Waals surface area contributed by atoms with Crippen LogP contribution in [-0.4, -0.2) is 85.2 Å². The number of aromatic nitrogens is 4. The number of ether oxygens (including phenoxy) is 3. The summed E-state index contributed by atoms with van der Waals surface area (Å²) in [5.41, 5.74) is 7.73. The van der Waals surface area contributed by atoms with Gasteiger partial charge in [-0.3, -0.25) is 10.2 Å². The lowest BCUT2D eigenvalue weighted by Crippen LogP contribution is -2.53. The number of carbonyl (C=O) groups is 2. The molecule has 3 N–H and O–H groups in total. The topological polar surface area (TPSA) is 150 Å². The number of nitrogens with zero attached hydrogens (tertiary/aromatic N) is 6. The fourth-order valence-electron chi connectivity index (χ4n) is 6.59. The monoisotopic (exact) mass is 684 g/mol. The molecule has 0 atom stereocenters. The zero-order valence-electron chi connectivity index (χ0n) is 29.8. The minimum absolute atomic E-state index is 0.0906. The van der Waals surface area contributed by atoms with Gasteiger partial charge in [-0.15, -0.1) is 0 Å². The zero-order chi connectivity index (χ0) is 35.6. The Morgan fingerprint density at radius 3 is 2.14 bits per heavy atom. The van der Waals surface area contributed by atoms with Gasteiger partial charge in [-0.2, -0.15) is 5.10 Å². The number of nitrogen functional groups attached to an aromatic ring is 1. The summed E-state index contributed by atoms with van der Waals surface area (Å²) < 4.78 is 19.1. The predicted molar refractivity (Wildman–Crippen MR) is 192 cm³/mol. The molecule has 266 valence electrons. The van der Waals surface area contributed by atoms with Crippen molar-refractivity contribution in [2.75, 3.05) is 37.2 Å². The van der Waals surface area contributed by atoms with Crippen LogP contribution in [0.2, 0.25) is 0 Å². The number of rotatable bonds is 6. The molecule has 1 saturated carbocycles. The summed E-state index contributed by atoms with van der Waals surface area (Å²) in [4.78, 5) is 38.9. The molecule has 0 spiro atoms. The first-order valence-electron chi connectivity index (χ1n) is 17.3. The number of fused-ring (bicyclic) bond motifs is 1. The standard InChI is InChI=1S/C37H48N8O5/c1-36(2,3)49-34(46)41-32-30-31(24-12-17-29(28(38)22-24)48-27-10-8-7-9-11-27)42-45(33(30)40-23-39-32)26-15-13-25(14-16-26)43-18-20-44(21-19-43)35(47)50-37(4,5)6/h7-12,17,22-23,25-26H,13-16,18-21,38H2,1-6H3,(H,39,40,41,46). The van der Waals surface area contributed by atoms with Crippen molar-refractivity contribution in [2.24, 2.45) is 0 Å². The molecule has 4 aromatic rings. The number of benzene rings is 2. The van der Waals surface area contributed by atoms with Crippen LogP contribution in [0.1, 0.15) is 73.3 Å². The first-order chi connectivity index (χ1) is 23.7. The van der Waals surface area contributed by atoms with Crippen molar-refractivity contribution in [1.29, 1.82) is 0 Å². The van der Waals surface area contributed by atoms with Crippen LogP contribution in [0, 0.1) is 0 Å². The molecule has 13 heteroatoms. The van der Waals surface area contributed by atoms with Crippen LogP contribution < -0.4 is 15.8 Å². The first-order valence-corrected chi connectivity index (χ1v) is 17.3. The molecule has 0 bridgehead atoms. The average Bonchev–Trinajstić information content (AvgIpc) is 3.45. The molecule has 2 aliphatic rings. The lowest BCUT2D eigenvalue weighted by Gasteiger charge is -2.42. The van der Waals surface area contributed by atoms with Crippen LogP contribution in [-0.2, 0) is 9.47 Å². The number of amides is 2. The largest absolute Gasteiger partial charge is 0.455 e. The normalized spacial score (nSPS) is 18.9. The van der Waals surface area contributed by atoms with E-state index >= 15 is 0 Å². The molecule has 1 aliphatic carbocycles. The van der Waals surface area contributed by atoms with Gasteiger partial charge in [0.1, 0.15) is 34.7 Å². The fourth-order valence-corrected chi connectivity index (χ4v) is 6.59. The third-order valence-corrected chi connectivity index (χ3v) is 8.86. The minimum Gasteiger partial charge on any atom is -0.455 e. The lowest BCUT2D eigenvalue weighted by atomic mass is 9.90. The first kappa shape index (κ1) is 34.9. The number of hydrogen-bond donors (Lipinski definition) is 2. The van der Waals surface area contributed by atoms with Crippen molar-refractivity contribution >= 4 is 34.7 Å². The predicted octanol–water partition coefficient (Wildman–Crippen LogP) is 7.25. The smallest absolute Gasteiger partial charge is 0.413 e. The third-order valence-electron chi connectivity index (χ3n) is 8.86. The molecule has 2 aromatic carbocycles. The van der Waals surface area contributed by atoms with Gasteiger partial charge in [-0.1, -0.05) is 18.2 Å². The van der Waals surface area contributed by atoms with Crippen LogP contribution in [0.25, 0.3) is 22.3 Å². The van der Waals surface area contributed by atoms with E-state index < -0.39 is 17.3 Å². The summed E-state index contributed by atoms with van der Waals surface area (Å²) in [6.07, 6.45) is 4.36. The van der Waals surface area contributed by atoms with E-state index in [0.717, 1.165) is 44.3 Å². The molecule has 0 radical (unpaired) electrons. The van der Waals surface area contributed by atoms with E-state index in [1.807, 2.05) is 94.8 Å². The highest BCUT2D eigenvalue weighted by molar-refractivity contribution is 6.03. The van der Waals surface area contributed by atoms with Crippen LogP contribution in [0.15, 0.2) is 54.9 Å². The maximum Gasteiger partial charge on any atom is 0.413 e. The van der Waals surface area contributed by atoms with Crippen molar-refractivity contribution in [3.63, 3.8) is 0 Å². The van der Waals surface area contributed by atoms with Gasteiger partial charge in [0.25, 0.3) is 0 Å². The third kappa shape index (κ3) is 8.27. The van der Waals surface area contributed by atoms with E-state index in [-0.39, 0.29) is 12.1 Å². The van der Waals surface area contributed by atoms with Gasteiger partial charge in [-0.05, 0) is 97.6 Å². The van der Waals surface area contributed by atoms with E-state index in [1.54, 1.807) is 4.90 Å². The molecule has 1 saturated heterocycles. The molecule has 1 aliphatic heterocycles. The van der Waals surface area contributed by atoms with Crippen LogP contribution in [0.3, 0.4) is 0 Å². The number of nitrogens with one attached hydrogen (secondary N) is 1. The summed E-state index contributed by atoms with van der Waals surface area (Å²) in [6.45, 7) is 14.1. The molecular weight excluding hydrogens is 636 g/mol. The van der Waals surface area contributed by atoms with Crippen molar-refractivity contribution < 1.29 is 23.8 Å². The summed E-state index contributed by atoms with van der Waals surface area (Å²) >= 11 is 0. The van der Waals surface area contributed by atoms with Gasteiger partial charge in [0.05, 0.1) is 17.1 Å². The second kappa shape index (κ2) is 14.1. The van der Waals surface area contributed by atoms with E-state index in [2.05, 4.69) is 20.2 Å². The highest BCUT2D eigenvalue weighted by Crippen LogP contribution is 2.40. The van der Waals surface area contributed by atoms with Gasteiger partial charge < -0.3 is 24.8 Å². The van der Waals surface area contributed by atoms with Gasteiger partial charge in [0, 0.05) is 37.8 Å². The molecule has 2 fully saturated rings. The Morgan fingerprint density at radius 1 is 0.840 bits per heavy atom. The van der Waals surface area contributed by atoms with Gasteiger partial charge in [-0.25, -0.2) is 24.2 Å². The quantitative estimate of drug-likeness (QED) is 0.199. The van der Waals surface area contributed by atoms with E-state index in [1.165, 1.54) is 6.33 Å². The molecular formula is C37H48N8O5. The number of nitrogens with two attached hydrogens (primary N) is 1. The summed E-state index contributed by atoms with van der Waals surface area (Å²) in [6, 6.07) is 15.5. The number of carbonyl (C=O) groups excluding carboxylic acids is 2. The van der Waals surface area contributed by atoms with E-state index in [4.69, 9.17) is 25.0 Å². The minimum atomic E-state index is -0.687. The maximum absolute atomic E-state index is 12.9. The highest BCUT2D eigenvalue weighted by Gasteiger charge is 2.33. The number of para-hydroxylation sites is 1. The van der Waals surface area contributed by atoms with Gasteiger partial charge in [0.15, 0.2) is 11.5 Å². The van der Waals surface area contributed by atoms with Gasteiger partial charge in [0.2, 0.25) is 0 Å². The Morgan fingerprint density at radius 2 is 1.50 bits per heavy atom. The molecule has 0 unspecified atom stereocenters. The SMILES string of the molecule is CC(C)(C)OC(=O)Nc1ncnc2c1c(-c1ccc(Oc3ccccc3)c(N)c1)nn2C1CCC(N2CCN(C(=O)OC(C)(C)C)CC2)CC1. The van der Waals surface area contributed by atoms with Crippen LogP contribution >= 0.6 is 0 Å². The van der Waals surface area contributed by atoms with Crippen molar-refractivity contribution in [3.8, 4) is 22.8 Å². The Labute approximate surface area is 293 Å². The zero-order valence-corrected chi connectivity index (χ0v) is 29.8. The molecule has 13 nitrogen and oxygen atoms in total. The van der Waals surface area contributed by atoms with E-state index in [0.29, 0.717) is 58.9 Å². The number of hydrogen-bond acceptors (Lipinski definition) is 10. The highest BCUT2D eigenvalue weighted by atomic mass is 16.6. The molecule has 3 heterocycles. The molecule has 2 aromatic heterocycles. The maximum atomic E-state index is 12.9. The van der Waals surface area contributed by atoms with Crippen LogP contribution in [0.4, 0.5) is 21.1 Å². The number of anilines is 2. The molecule has 6 rings (SSSR count). The number of piperazine rings is 1. The molecule has 2 amide bonds. The van der Waals surface area contributed by atoms with E-state index in [9.17, 15) is 9.59 Å². The lowest BCUT2D eigenvalue weighted by molar-refractivity contribution is 0.00725. The Bertz CT molecular complexity index is 1820. The van der Waals surface area contributed by atoms with Crippen molar-refractivity contribution in [2.45, 2.75) is 90.5 Å². The van der Waals surface area contributed by atoms with Crippen LogP contribution in [0.5, 0.6) is 11.5 Å². The molecule has 50 heavy (non-hydrogen) atoms. The second-order valence-electron chi connectivity index (χ2n) is 15.0. The Hall–Kier alpha value is -4.91. The summed E-state index contributed by atoms with van der Waals surface area (Å²) in [5.74, 6) is 1.52. The average molecular weight is 685 g/mol. The Balaban J connectivity index is 1.23.